The number of halogens is 1. The molecule has 7 heteroatoms. The van der Waals surface area contributed by atoms with E-state index in [0.717, 1.165) is 24.3 Å². The molecule has 0 atom stereocenters. The number of benzene rings is 2. The van der Waals surface area contributed by atoms with Gasteiger partial charge in [-0.3, -0.25) is 0 Å². The summed E-state index contributed by atoms with van der Waals surface area (Å²) in [5.41, 5.74) is 2.65. The molecule has 0 spiro atoms. The molecular weight excluding hydrogens is 383 g/mol. The maximum atomic E-state index is 13.2. The molecule has 2 heterocycles. The quantitative estimate of drug-likeness (QED) is 0.597. The number of piperazine rings is 1. The minimum absolute atomic E-state index is 0.241. The second-order valence-corrected chi connectivity index (χ2v) is 7.83. The Hall–Kier alpha value is -3.22. The van der Waals surface area contributed by atoms with E-state index in [-0.39, 0.29) is 17.4 Å². The minimum atomic E-state index is -0.446. The van der Waals surface area contributed by atoms with Gasteiger partial charge < -0.3 is 14.5 Å². The lowest BCUT2D eigenvalue weighted by Gasteiger charge is -2.37. The van der Waals surface area contributed by atoms with Gasteiger partial charge in [0.15, 0.2) is 11.5 Å². The van der Waals surface area contributed by atoms with E-state index < -0.39 is 5.97 Å². The molecule has 1 aliphatic rings. The van der Waals surface area contributed by atoms with E-state index in [1.165, 1.54) is 12.1 Å². The lowest BCUT2D eigenvalue weighted by Crippen LogP contribution is -2.47. The molecule has 0 N–H and O–H groups in total. The standard InChI is InChI=1S/C23H25FN4O2/c1-16(2)15-30-23(29)21-22(26-20-6-4-3-5-19(20)25-21)28-13-11-27(12-14-28)18-9-7-17(24)8-10-18/h3-10,16H,11-15H2,1-2H3. The van der Waals surface area contributed by atoms with E-state index in [1.807, 2.05) is 38.1 Å². The molecule has 1 aliphatic heterocycles. The zero-order chi connectivity index (χ0) is 21.1. The molecule has 4 rings (SSSR count). The smallest absolute Gasteiger partial charge is 0.360 e. The van der Waals surface area contributed by atoms with Crippen molar-refractivity contribution < 1.29 is 13.9 Å². The number of aromatic nitrogens is 2. The molecule has 1 saturated heterocycles. The van der Waals surface area contributed by atoms with Crippen molar-refractivity contribution >= 4 is 28.5 Å². The van der Waals surface area contributed by atoms with E-state index in [0.29, 0.717) is 31.0 Å². The molecule has 0 radical (unpaired) electrons. The summed E-state index contributed by atoms with van der Waals surface area (Å²) in [7, 11) is 0. The number of carbonyl (C=O) groups is 1. The van der Waals surface area contributed by atoms with Gasteiger partial charge in [0, 0.05) is 31.9 Å². The lowest BCUT2D eigenvalue weighted by molar-refractivity contribution is 0.0453. The Kier molecular flexibility index (Phi) is 5.79. The summed E-state index contributed by atoms with van der Waals surface area (Å²) in [5.74, 6) is 0.109. The molecule has 156 valence electrons. The van der Waals surface area contributed by atoms with Gasteiger partial charge in [-0.1, -0.05) is 26.0 Å². The van der Waals surface area contributed by atoms with Crippen LogP contribution < -0.4 is 9.80 Å². The van der Waals surface area contributed by atoms with Gasteiger partial charge in [0.2, 0.25) is 0 Å². The lowest BCUT2D eigenvalue weighted by atomic mass is 10.2. The molecule has 0 saturated carbocycles. The van der Waals surface area contributed by atoms with E-state index in [2.05, 4.69) is 14.8 Å². The first-order valence-corrected chi connectivity index (χ1v) is 10.2. The number of carbonyl (C=O) groups excluding carboxylic acids is 1. The molecule has 30 heavy (non-hydrogen) atoms. The summed E-state index contributed by atoms with van der Waals surface area (Å²) in [6, 6.07) is 14.0. The first kappa shape index (κ1) is 20.1. The van der Waals surface area contributed by atoms with Crippen LogP contribution in [0.3, 0.4) is 0 Å². The molecule has 1 aromatic heterocycles. The number of para-hydroxylation sites is 2. The normalized spacial score (nSPS) is 14.4. The van der Waals surface area contributed by atoms with Crippen LogP contribution in [0.5, 0.6) is 0 Å². The fourth-order valence-corrected chi connectivity index (χ4v) is 3.49. The number of nitrogens with zero attached hydrogens (tertiary/aromatic N) is 4. The number of anilines is 2. The zero-order valence-corrected chi connectivity index (χ0v) is 17.2. The molecule has 0 unspecified atom stereocenters. The highest BCUT2D eigenvalue weighted by Crippen LogP contribution is 2.25. The minimum Gasteiger partial charge on any atom is -0.461 e. The summed E-state index contributed by atoms with van der Waals surface area (Å²) < 4.78 is 18.7. The molecule has 0 amide bonds. The van der Waals surface area contributed by atoms with Crippen LogP contribution in [-0.2, 0) is 4.74 Å². The van der Waals surface area contributed by atoms with Crippen molar-refractivity contribution in [2.75, 3.05) is 42.6 Å². The van der Waals surface area contributed by atoms with Crippen molar-refractivity contribution in [3.63, 3.8) is 0 Å². The Morgan fingerprint density at radius 2 is 1.57 bits per heavy atom. The van der Waals surface area contributed by atoms with Crippen molar-refractivity contribution in [3.8, 4) is 0 Å². The van der Waals surface area contributed by atoms with Gasteiger partial charge in [-0.2, -0.15) is 0 Å². The highest BCUT2D eigenvalue weighted by Gasteiger charge is 2.26. The van der Waals surface area contributed by atoms with Gasteiger partial charge in [0.05, 0.1) is 17.6 Å². The second kappa shape index (κ2) is 8.65. The largest absolute Gasteiger partial charge is 0.461 e. The number of hydrogen-bond donors (Lipinski definition) is 0. The van der Waals surface area contributed by atoms with Crippen LogP contribution in [0.25, 0.3) is 11.0 Å². The molecule has 1 fully saturated rings. The van der Waals surface area contributed by atoms with Gasteiger partial charge in [-0.15, -0.1) is 0 Å². The summed E-state index contributed by atoms with van der Waals surface area (Å²) in [4.78, 5) is 26.4. The SMILES string of the molecule is CC(C)COC(=O)c1nc2ccccc2nc1N1CCN(c2ccc(F)cc2)CC1. The third-order valence-electron chi connectivity index (χ3n) is 5.06. The number of ether oxygens (including phenoxy) is 1. The first-order chi connectivity index (χ1) is 14.5. The van der Waals surface area contributed by atoms with Gasteiger partial charge in [-0.25, -0.2) is 19.2 Å². The molecule has 0 aliphatic carbocycles. The summed E-state index contributed by atoms with van der Waals surface area (Å²) >= 11 is 0. The summed E-state index contributed by atoms with van der Waals surface area (Å²) in [5, 5.41) is 0. The maximum absolute atomic E-state index is 13.2. The van der Waals surface area contributed by atoms with Crippen LogP contribution in [0, 0.1) is 11.7 Å². The van der Waals surface area contributed by atoms with Crippen molar-refractivity contribution in [1.29, 1.82) is 0 Å². The Morgan fingerprint density at radius 3 is 2.20 bits per heavy atom. The topological polar surface area (TPSA) is 58.6 Å². The molecule has 2 aromatic carbocycles. The van der Waals surface area contributed by atoms with Crippen molar-refractivity contribution in [2.24, 2.45) is 5.92 Å². The van der Waals surface area contributed by atoms with Gasteiger partial charge in [0.25, 0.3) is 0 Å². The average molecular weight is 408 g/mol. The van der Waals surface area contributed by atoms with Crippen LogP contribution in [-0.4, -0.2) is 48.7 Å². The molecule has 0 bridgehead atoms. The number of hydrogen-bond acceptors (Lipinski definition) is 6. The summed E-state index contributed by atoms with van der Waals surface area (Å²) in [6.45, 7) is 7.15. The zero-order valence-electron chi connectivity index (χ0n) is 17.2. The van der Waals surface area contributed by atoms with Crippen LogP contribution in [0.1, 0.15) is 24.3 Å². The third-order valence-corrected chi connectivity index (χ3v) is 5.06. The fourth-order valence-electron chi connectivity index (χ4n) is 3.49. The number of rotatable bonds is 5. The highest BCUT2D eigenvalue weighted by molar-refractivity contribution is 5.95. The van der Waals surface area contributed by atoms with E-state index in [9.17, 15) is 9.18 Å². The van der Waals surface area contributed by atoms with Crippen LogP contribution in [0.2, 0.25) is 0 Å². The first-order valence-electron chi connectivity index (χ1n) is 10.2. The van der Waals surface area contributed by atoms with Gasteiger partial charge in [0.1, 0.15) is 5.82 Å². The predicted octanol–water partition coefficient (Wildman–Crippen LogP) is 3.91. The Bertz CT molecular complexity index is 1030. The Labute approximate surface area is 175 Å². The van der Waals surface area contributed by atoms with E-state index in [1.54, 1.807) is 12.1 Å². The van der Waals surface area contributed by atoms with Gasteiger partial charge >= 0.3 is 5.97 Å². The highest BCUT2D eigenvalue weighted by atomic mass is 19.1. The van der Waals surface area contributed by atoms with Gasteiger partial charge in [-0.05, 0) is 42.3 Å². The summed E-state index contributed by atoms with van der Waals surface area (Å²) in [6.07, 6.45) is 0. The average Bonchev–Trinajstić information content (AvgIpc) is 2.77. The Balaban J connectivity index is 1.58. The van der Waals surface area contributed by atoms with Crippen LogP contribution >= 0.6 is 0 Å². The molecule has 6 nitrogen and oxygen atoms in total. The van der Waals surface area contributed by atoms with Crippen molar-refractivity contribution in [3.05, 3.63) is 60.0 Å². The monoisotopic (exact) mass is 408 g/mol. The third kappa shape index (κ3) is 4.35. The van der Waals surface area contributed by atoms with E-state index in [4.69, 9.17) is 9.72 Å². The van der Waals surface area contributed by atoms with Crippen molar-refractivity contribution in [1.82, 2.24) is 9.97 Å². The number of esters is 1. The molecule has 3 aromatic rings. The number of fused-ring (bicyclic) bond motifs is 1. The maximum Gasteiger partial charge on any atom is 0.360 e. The second-order valence-electron chi connectivity index (χ2n) is 7.83. The predicted molar refractivity (Wildman–Crippen MR) is 115 cm³/mol. The Morgan fingerprint density at radius 1 is 0.967 bits per heavy atom. The van der Waals surface area contributed by atoms with Crippen LogP contribution in [0.4, 0.5) is 15.9 Å². The fraction of sp³-hybridized carbons (Fsp3) is 0.348. The molecular formula is C23H25FN4O2. The van der Waals surface area contributed by atoms with Crippen molar-refractivity contribution in [2.45, 2.75) is 13.8 Å². The van der Waals surface area contributed by atoms with E-state index >= 15 is 0 Å². The van der Waals surface area contributed by atoms with Crippen LogP contribution in [0.15, 0.2) is 48.5 Å².